The molecule has 0 aliphatic heterocycles. The van der Waals surface area contributed by atoms with Crippen molar-refractivity contribution >= 4 is 11.9 Å². The average Bonchev–Trinajstić information content (AvgIpc) is 2.15. The first-order chi connectivity index (χ1) is 7.45. The molecule has 0 amide bonds. The van der Waals surface area contributed by atoms with E-state index in [0.29, 0.717) is 24.0 Å². The van der Waals surface area contributed by atoms with Crippen molar-refractivity contribution in [3.8, 4) is 11.5 Å². The number of benzene rings is 1. The van der Waals surface area contributed by atoms with Gasteiger partial charge in [-0.05, 0) is 24.0 Å². The summed E-state index contributed by atoms with van der Waals surface area (Å²) in [5.74, 6) is -4.49. The molecule has 1 aromatic carbocycles. The van der Waals surface area contributed by atoms with Gasteiger partial charge in [0.15, 0.2) is 11.5 Å². The fraction of sp³-hybridized carbons (Fsp3) is 0.200. The summed E-state index contributed by atoms with van der Waals surface area (Å²) in [6.07, 6.45) is 0.788. The number of carboxylic acids is 2. The molecule has 6 nitrogen and oxygen atoms in total. The molecular weight excluding hydrogens is 216 g/mol. The molecule has 4 N–H and O–H groups in total. The largest absolute Gasteiger partial charge is 0.504 e. The maximum absolute atomic E-state index is 10.8. The van der Waals surface area contributed by atoms with Crippen LogP contribution in [0.2, 0.25) is 0 Å². The zero-order valence-corrected chi connectivity index (χ0v) is 8.02. The van der Waals surface area contributed by atoms with E-state index in [1.165, 1.54) is 0 Å². The molecule has 1 aliphatic rings. The van der Waals surface area contributed by atoms with E-state index in [9.17, 15) is 19.8 Å². The minimum atomic E-state index is -1.37. The van der Waals surface area contributed by atoms with Crippen LogP contribution in [0.1, 0.15) is 31.8 Å². The second-order valence-corrected chi connectivity index (χ2v) is 3.51. The number of hydrogen-bond acceptors (Lipinski definition) is 4. The molecule has 6 heteroatoms. The van der Waals surface area contributed by atoms with E-state index in [1.54, 1.807) is 0 Å². The van der Waals surface area contributed by atoms with Crippen LogP contribution in [0.25, 0.3) is 0 Å². The van der Waals surface area contributed by atoms with Crippen molar-refractivity contribution in [1.29, 1.82) is 0 Å². The molecule has 0 fully saturated rings. The van der Waals surface area contributed by atoms with Gasteiger partial charge in [0.1, 0.15) is 11.1 Å². The normalized spacial score (nSPS) is 12.8. The van der Waals surface area contributed by atoms with Crippen molar-refractivity contribution in [3.05, 3.63) is 22.3 Å². The van der Waals surface area contributed by atoms with Crippen molar-refractivity contribution < 1.29 is 30.0 Å². The highest BCUT2D eigenvalue weighted by Gasteiger charge is 2.33. The number of carbonyl (C=O) groups is 2. The van der Waals surface area contributed by atoms with Crippen LogP contribution in [0.5, 0.6) is 11.5 Å². The van der Waals surface area contributed by atoms with E-state index in [0.717, 1.165) is 0 Å². The molecule has 84 valence electrons. The molecule has 0 bridgehead atoms. The fourth-order valence-corrected chi connectivity index (χ4v) is 1.91. The Morgan fingerprint density at radius 1 is 0.812 bits per heavy atom. The molecule has 0 heterocycles. The van der Waals surface area contributed by atoms with Gasteiger partial charge in [-0.2, -0.15) is 0 Å². The summed E-state index contributed by atoms with van der Waals surface area (Å²) in [4.78, 5) is 21.7. The first-order valence-electron chi connectivity index (χ1n) is 4.51. The Hall–Kier alpha value is -2.24. The Balaban J connectivity index is 2.81. The quantitative estimate of drug-likeness (QED) is 0.546. The highest BCUT2D eigenvalue weighted by atomic mass is 16.4. The zero-order chi connectivity index (χ0) is 12.0. The van der Waals surface area contributed by atoms with E-state index in [1.807, 2.05) is 0 Å². The summed E-state index contributed by atoms with van der Waals surface area (Å²) >= 11 is 0. The topological polar surface area (TPSA) is 115 Å². The Bertz CT molecular complexity index is 453. The van der Waals surface area contributed by atoms with Gasteiger partial charge in [-0.1, -0.05) is 0 Å². The summed E-state index contributed by atoms with van der Waals surface area (Å²) in [7, 11) is 0. The van der Waals surface area contributed by atoms with Gasteiger partial charge < -0.3 is 20.4 Å². The second kappa shape index (κ2) is 3.13. The lowest BCUT2D eigenvalue weighted by atomic mass is 9.80. The Morgan fingerprint density at radius 2 is 1.12 bits per heavy atom. The lowest BCUT2D eigenvalue weighted by Gasteiger charge is -2.24. The number of carboxylic acid groups (broad SMARTS) is 2. The maximum Gasteiger partial charge on any atom is 0.339 e. The number of rotatable bonds is 2. The smallest absolute Gasteiger partial charge is 0.339 e. The second-order valence-electron chi connectivity index (χ2n) is 3.51. The van der Waals surface area contributed by atoms with Gasteiger partial charge in [0.25, 0.3) is 0 Å². The predicted octanol–water partition coefficient (Wildman–Crippen LogP) is 0.593. The van der Waals surface area contributed by atoms with Crippen LogP contribution in [0.4, 0.5) is 0 Å². The van der Waals surface area contributed by atoms with E-state index in [2.05, 4.69) is 0 Å². The third kappa shape index (κ3) is 1.13. The van der Waals surface area contributed by atoms with Crippen molar-refractivity contribution in [1.82, 2.24) is 0 Å². The first kappa shape index (κ1) is 10.3. The van der Waals surface area contributed by atoms with Crippen LogP contribution in [0.15, 0.2) is 0 Å². The highest BCUT2D eigenvalue weighted by Crippen LogP contribution is 2.43. The Morgan fingerprint density at radius 3 is 1.31 bits per heavy atom. The van der Waals surface area contributed by atoms with Crippen LogP contribution in [0.3, 0.4) is 0 Å². The summed E-state index contributed by atoms with van der Waals surface area (Å²) in [6, 6.07) is 0. The van der Waals surface area contributed by atoms with Gasteiger partial charge in [0.2, 0.25) is 0 Å². The molecule has 0 unspecified atom stereocenters. The molecule has 2 rings (SSSR count). The van der Waals surface area contributed by atoms with Crippen molar-refractivity contribution in [3.63, 3.8) is 0 Å². The maximum atomic E-state index is 10.8. The van der Waals surface area contributed by atoms with E-state index in [-0.39, 0.29) is 0 Å². The van der Waals surface area contributed by atoms with Crippen LogP contribution in [0, 0.1) is 0 Å². The Labute approximate surface area is 89.4 Å². The lowest BCUT2D eigenvalue weighted by Crippen LogP contribution is -2.20. The van der Waals surface area contributed by atoms with E-state index < -0.39 is 34.6 Å². The monoisotopic (exact) mass is 224 g/mol. The van der Waals surface area contributed by atoms with E-state index >= 15 is 0 Å². The molecule has 0 saturated carbocycles. The molecule has 16 heavy (non-hydrogen) atoms. The standard InChI is InChI=1S/C10H8O6/c11-7-5(9(13)14)3-1-2-4(3)6(8(7)12)10(15)16/h11-12H,1-2H2,(H,13,14)(H,15,16). The summed E-state index contributed by atoms with van der Waals surface area (Å²) < 4.78 is 0. The van der Waals surface area contributed by atoms with E-state index in [4.69, 9.17) is 10.2 Å². The molecule has 0 radical (unpaired) electrons. The molecule has 0 aromatic heterocycles. The number of phenols is 2. The van der Waals surface area contributed by atoms with Crippen LogP contribution in [-0.2, 0) is 12.8 Å². The SMILES string of the molecule is O=C(O)c1c(O)c(O)c(C(=O)O)c2c1CC2. The van der Waals surface area contributed by atoms with Gasteiger partial charge in [0, 0.05) is 0 Å². The summed E-state index contributed by atoms with van der Waals surface area (Å²) in [6.45, 7) is 0. The van der Waals surface area contributed by atoms with Crippen molar-refractivity contribution in [2.24, 2.45) is 0 Å². The van der Waals surface area contributed by atoms with Crippen LogP contribution < -0.4 is 0 Å². The van der Waals surface area contributed by atoms with Gasteiger partial charge in [0.05, 0.1) is 0 Å². The van der Waals surface area contributed by atoms with Gasteiger partial charge in [-0.25, -0.2) is 9.59 Å². The third-order valence-electron chi connectivity index (χ3n) is 2.72. The van der Waals surface area contributed by atoms with Crippen molar-refractivity contribution in [2.45, 2.75) is 12.8 Å². The number of aromatic carboxylic acids is 2. The van der Waals surface area contributed by atoms with Crippen LogP contribution >= 0.6 is 0 Å². The number of hydrogen-bond donors (Lipinski definition) is 4. The van der Waals surface area contributed by atoms with Gasteiger partial charge >= 0.3 is 11.9 Å². The van der Waals surface area contributed by atoms with Crippen molar-refractivity contribution in [2.75, 3.05) is 0 Å². The minimum absolute atomic E-state index is 0.292. The fourth-order valence-electron chi connectivity index (χ4n) is 1.91. The molecule has 0 spiro atoms. The van der Waals surface area contributed by atoms with Gasteiger partial charge in [-0.15, -0.1) is 0 Å². The Kier molecular flexibility index (Phi) is 2.01. The minimum Gasteiger partial charge on any atom is -0.504 e. The third-order valence-corrected chi connectivity index (χ3v) is 2.72. The molecule has 0 saturated heterocycles. The van der Waals surface area contributed by atoms with Crippen LogP contribution in [-0.4, -0.2) is 32.4 Å². The summed E-state index contributed by atoms with van der Waals surface area (Å²) in [5, 5.41) is 36.6. The first-order valence-corrected chi connectivity index (χ1v) is 4.51. The highest BCUT2D eigenvalue weighted by molar-refractivity contribution is 6.01. The number of fused-ring (bicyclic) bond motifs is 1. The lowest BCUT2D eigenvalue weighted by molar-refractivity contribution is 0.0670. The molecule has 1 aliphatic carbocycles. The number of aromatic hydroxyl groups is 2. The average molecular weight is 224 g/mol. The molecular formula is C10H8O6. The molecule has 0 atom stereocenters. The molecule has 1 aromatic rings. The zero-order valence-electron chi connectivity index (χ0n) is 8.02. The summed E-state index contributed by atoms with van der Waals surface area (Å²) in [5.41, 5.74) is -0.215. The predicted molar refractivity (Wildman–Crippen MR) is 51.1 cm³/mol. The van der Waals surface area contributed by atoms with Gasteiger partial charge in [-0.3, -0.25) is 0 Å².